The summed E-state index contributed by atoms with van der Waals surface area (Å²) in [4.78, 5) is 15.1. The first-order valence-electron chi connectivity index (χ1n) is 8.59. The number of carbonyl (C=O) groups is 1. The van der Waals surface area contributed by atoms with Gasteiger partial charge in [0, 0.05) is 43.3 Å². The lowest BCUT2D eigenvalue weighted by Gasteiger charge is -2.19. The monoisotopic (exact) mass is 346 g/mol. The van der Waals surface area contributed by atoms with Crippen LogP contribution in [0, 0.1) is 6.92 Å². The molecule has 25 heavy (non-hydrogen) atoms. The number of nitrogens with one attached hydrogen (secondary N) is 1. The number of ether oxygens (including phenoxy) is 2. The third kappa shape index (κ3) is 3.37. The largest absolute Gasteiger partial charge is 0.497 e. The fourth-order valence-corrected chi connectivity index (χ4v) is 3.39. The van der Waals surface area contributed by atoms with Crippen LogP contribution < -0.4 is 10.1 Å². The van der Waals surface area contributed by atoms with Crippen LogP contribution in [0.15, 0.2) is 22.6 Å². The molecule has 2 heterocycles. The van der Waals surface area contributed by atoms with Gasteiger partial charge in [-0.2, -0.15) is 0 Å². The van der Waals surface area contributed by atoms with Gasteiger partial charge in [0.1, 0.15) is 11.3 Å². The minimum absolute atomic E-state index is 0.0175. The number of aryl methyl sites for hydroxylation is 1. The zero-order chi connectivity index (χ0) is 18.1. The van der Waals surface area contributed by atoms with Crippen molar-refractivity contribution < 1.29 is 18.7 Å². The normalized spacial score (nSPS) is 21.2. The van der Waals surface area contributed by atoms with Crippen LogP contribution in [0.4, 0.5) is 0 Å². The molecule has 136 valence electrons. The molecule has 1 fully saturated rings. The Hall–Kier alpha value is -2.05. The molecule has 3 rings (SSSR count). The molecule has 1 aromatic carbocycles. The van der Waals surface area contributed by atoms with Crippen LogP contribution in [-0.2, 0) is 4.74 Å². The van der Waals surface area contributed by atoms with Crippen molar-refractivity contribution in [3.05, 3.63) is 29.5 Å². The number of rotatable bonds is 5. The van der Waals surface area contributed by atoms with Crippen molar-refractivity contribution in [3.63, 3.8) is 0 Å². The first-order valence-corrected chi connectivity index (χ1v) is 8.59. The molecule has 1 saturated heterocycles. The molecule has 0 saturated carbocycles. The van der Waals surface area contributed by atoms with Crippen LogP contribution in [-0.4, -0.2) is 56.3 Å². The lowest BCUT2D eigenvalue weighted by Crippen LogP contribution is -2.43. The number of carbonyl (C=O) groups excluding carboxylic acids is 1. The molecule has 0 spiro atoms. The molecule has 6 nitrogen and oxygen atoms in total. The summed E-state index contributed by atoms with van der Waals surface area (Å²) < 4.78 is 16.6. The number of hydrogen-bond acceptors (Lipinski definition) is 5. The van der Waals surface area contributed by atoms with Crippen LogP contribution in [0.1, 0.15) is 30.0 Å². The Morgan fingerprint density at radius 1 is 1.32 bits per heavy atom. The molecule has 0 radical (unpaired) electrons. The minimum atomic E-state index is -0.203. The highest BCUT2D eigenvalue weighted by Crippen LogP contribution is 2.29. The Bertz CT molecular complexity index is 768. The third-order valence-corrected chi connectivity index (χ3v) is 5.00. The minimum Gasteiger partial charge on any atom is -0.497 e. The number of methoxy groups -OCH3 is 2. The fourth-order valence-electron chi connectivity index (χ4n) is 3.39. The lowest BCUT2D eigenvalue weighted by molar-refractivity contribution is 0.0737. The van der Waals surface area contributed by atoms with Gasteiger partial charge in [-0.15, -0.1) is 0 Å². The molecule has 1 amide bonds. The smallest absolute Gasteiger partial charge is 0.287 e. The van der Waals surface area contributed by atoms with Crippen molar-refractivity contribution >= 4 is 16.9 Å². The number of benzene rings is 1. The maximum atomic E-state index is 12.8. The fraction of sp³-hybridized carbons (Fsp3) is 0.526. The van der Waals surface area contributed by atoms with Gasteiger partial charge in [-0.05, 0) is 32.9 Å². The molecule has 2 atom stereocenters. The number of fused-ring (bicyclic) bond motifs is 1. The van der Waals surface area contributed by atoms with Crippen molar-refractivity contribution in [1.82, 2.24) is 10.2 Å². The van der Waals surface area contributed by atoms with Crippen LogP contribution in [0.2, 0.25) is 0 Å². The van der Waals surface area contributed by atoms with E-state index in [1.54, 1.807) is 20.3 Å². The Balaban J connectivity index is 1.81. The molecular weight excluding hydrogens is 320 g/mol. The summed E-state index contributed by atoms with van der Waals surface area (Å²) in [6.07, 6.45) is -0.0175. The van der Waals surface area contributed by atoms with E-state index in [-0.39, 0.29) is 18.1 Å². The van der Waals surface area contributed by atoms with Crippen LogP contribution in [0.25, 0.3) is 11.0 Å². The van der Waals surface area contributed by atoms with Crippen LogP contribution >= 0.6 is 0 Å². The van der Waals surface area contributed by atoms with Gasteiger partial charge in [-0.3, -0.25) is 9.69 Å². The molecule has 0 unspecified atom stereocenters. The van der Waals surface area contributed by atoms with Crippen LogP contribution in [0.3, 0.4) is 0 Å². The molecular formula is C19H26N2O4. The highest BCUT2D eigenvalue weighted by Gasteiger charge is 2.35. The zero-order valence-corrected chi connectivity index (χ0v) is 15.5. The maximum Gasteiger partial charge on any atom is 0.287 e. The second-order valence-electron chi connectivity index (χ2n) is 6.82. The van der Waals surface area contributed by atoms with Crippen molar-refractivity contribution in [2.24, 2.45) is 0 Å². The van der Waals surface area contributed by atoms with Gasteiger partial charge >= 0.3 is 0 Å². The van der Waals surface area contributed by atoms with E-state index in [0.717, 1.165) is 24.0 Å². The number of hydrogen-bond donors (Lipinski definition) is 1. The number of nitrogens with zero attached hydrogens (tertiary/aromatic N) is 1. The van der Waals surface area contributed by atoms with Crippen molar-refractivity contribution in [2.75, 3.05) is 27.3 Å². The number of likely N-dealkylation sites (tertiary alicyclic amines) is 1. The molecule has 1 aliphatic rings. The Labute approximate surface area is 148 Å². The first-order chi connectivity index (χ1) is 11.9. The van der Waals surface area contributed by atoms with Crippen molar-refractivity contribution in [2.45, 2.75) is 39.0 Å². The molecule has 0 aliphatic carbocycles. The van der Waals surface area contributed by atoms with Gasteiger partial charge in [0.25, 0.3) is 5.91 Å². The van der Waals surface area contributed by atoms with Gasteiger partial charge < -0.3 is 19.2 Å². The summed E-state index contributed by atoms with van der Waals surface area (Å²) in [5.74, 6) is 0.849. The molecule has 1 aromatic heterocycles. The molecule has 0 bridgehead atoms. The summed E-state index contributed by atoms with van der Waals surface area (Å²) in [5, 5.41) is 4.00. The second kappa shape index (κ2) is 7.06. The van der Waals surface area contributed by atoms with Gasteiger partial charge in [0.15, 0.2) is 5.76 Å². The standard InChI is InChI=1S/C19H26N2O4/c1-11(2)21-9-15(17(10-21)24-5)20-19(22)18-12(3)14-7-6-13(23-4)8-16(14)25-18/h6-8,11,15,17H,9-10H2,1-5H3,(H,20,22)/t15-,17-/m1/s1. The van der Waals surface area contributed by atoms with E-state index in [4.69, 9.17) is 13.9 Å². The average molecular weight is 346 g/mol. The van der Waals surface area contributed by atoms with Crippen molar-refractivity contribution in [3.8, 4) is 5.75 Å². The van der Waals surface area contributed by atoms with Gasteiger partial charge in [-0.1, -0.05) is 0 Å². The van der Waals surface area contributed by atoms with E-state index in [0.29, 0.717) is 23.1 Å². The van der Waals surface area contributed by atoms with E-state index in [2.05, 4.69) is 24.1 Å². The maximum absolute atomic E-state index is 12.8. The van der Waals surface area contributed by atoms with Gasteiger partial charge in [0.05, 0.1) is 19.3 Å². The van der Waals surface area contributed by atoms with Crippen LogP contribution in [0.5, 0.6) is 5.75 Å². The van der Waals surface area contributed by atoms with Gasteiger partial charge in [-0.25, -0.2) is 0 Å². The number of furan rings is 1. The zero-order valence-electron chi connectivity index (χ0n) is 15.5. The summed E-state index contributed by atoms with van der Waals surface area (Å²) in [5.41, 5.74) is 1.49. The summed E-state index contributed by atoms with van der Waals surface area (Å²) in [7, 11) is 3.29. The molecule has 6 heteroatoms. The summed E-state index contributed by atoms with van der Waals surface area (Å²) in [6, 6.07) is 5.94. The first kappa shape index (κ1) is 17.8. The second-order valence-corrected chi connectivity index (χ2v) is 6.82. The predicted octanol–water partition coefficient (Wildman–Crippen LogP) is 2.59. The highest BCUT2D eigenvalue weighted by atomic mass is 16.5. The van der Waals surface area contributed by atoms with E-state index in [1.807, 2.05) is 19.1 Å². The molecule has 1 N–H and O–H groups in total. The van der Waals surface area contributed by atoms with E-state index in [1.165, 1.54) is 0 Å². The molecule has 1 aliphatic heterocycles. The predicted molar refractivity (Wildman–Crippen MR) is 96.3 cm³/mol. The number of amides is 1. The summed E-state index contributed by atoms with van der Waals surface area (Å²) >= 11 is 0. The SMILES string of the molecule is COc1ccc2c(C)c(C(=O)N[C@@H]3CN(C(C)C)C[C@H]3OC)oc2c1. The van der Waals surface area contributed by atoms with Crippen molar-refractivity contribution in [1.29, 1.82) is 0 Å². The topological polar surface area (TPSA) is 63.9 Å². The Morgan fingerprint density at radius 2 is 2.08 bits per heavy atom. The van der Waals surface area contributed by atoms with E-state index in [9.17, 15) is 4.79 Å². The lowest BCUT2D eigenvalue weighted by atomic mass is 10.1. The molecule has 2 aromatic rings. The van der Waals surface area contributed by atoms with E-state index >= 15 is 0 Å². The Morgan fingerprint density at radius 3 is 2.72 bits per heavy atom. The third-order valence-electron chi connectivity index (χ3n) is 5.00. The highest BCUT2D eigenvalue weighted by molar-refractivity contribution is 5.99. The quantitative estimate of drug-likeness (QED) is 0.901. The summed E-state index contributed by atoms with van der Waals surface area (Å²) in [6.45, 7) is 7.78. The van der Waals surface area contributed by atoms with Gasteiger partial charge in [0.2, 0.25) is 0 Å². The Kier molecular flexibility index (Phi) is 5.01. The van der Waals surface area contributed by atoms with E-state index < -0.39 is 0 Å². The average Bonchev–Trinajstić information content (AvgIpc) is 3.15.